The molecule has 3 aromatic rings. The zero-order valence-electron chi connectivity index (χ0n) is 14.4. The fourth-order valence-corrected chi connectivity index (χ4v) is 3.12. The number of nitrogens with one attached hydrogen (secondary N) is 1. The van der Waals surface area contributed by atoms with Gasteiger partial charge in [0, 0.05) is 11.8 Å². The minimum absolute atomic E-state index is 0.0557. The molecule has 6 heteroatoms. The monoisotopic (exact) mass is 378 g/mol. The lowest BCUT2D eigenvalue weighted by Crippen LogP contribution is -2.13. The lowest BCUT2D eigenvalue weighted by molar-refractivity contribution is -0.111. The Morgan fingerprint density at radius 2 is 1.56 bits per heavy atom. The van der Waals surface area contributed by atoms with Gasteiger partial charge in [0.15, 0.2) is 0 Å². The van der Waals surface area contributed by atoms with E-state index in [1.807, 2.05) is 54.6 Å². The van der Waals surface area contributed by atoms with Gasteiger partial charge in [-0.2, -0.15) is 0 Å². The first-order chi connectivity index (χ1) is 12.9. The number of hydrogen-bond donors (Lipinski definition) is 2. The second-order valence-electron chi connectivity index (χ2n) is 5.89. The summed E-state index contributed by atoms with van der Waals surface area (Å²) in [6.07, 6.45) is 3.10. The predicted octanol–water partition coefficient (Wildman–Crippen LogP) is 3.65. The van der Waals surface area contributed by atoms with Crippen molar-refractivity contribution in [2.45, 2.75) is 4.90 Å². The van der Waals surface area contributed by atoms with Gasteiger partial charge in [-0.05, 0) is 47.0 Å². The third-order valence-corrected chi connectivity index (χ3v) is 4.76. The summed E-state index contributed by atoms with van der Waals surface area (Å²) in [7, 11) is -3.82. The summed E-state index contributed by atoms with van der Waals surface area (Å²) in [5, 5.41) is 7.72. The van der Waals surface area contributed by atoms with E-state index in [1.165, 1.54) is 24.3 Å². The van der Waals surface area contributed by atoms with Crippen LogP contribution in [0.25, 0.3) is 17.2 Å². The number of carbonyl (C=O) groups excluding carboxylic acids is 1. The number of sulfonamides is 1. The van der Waals surface area contributed by atoms with Crippen molar-refractivity contribution in [1.82, 2.24) is 0 Å². The molecule has 0 unspecified atom stereocenters. The Morgan fingerprint density at radius 1 is 0.852 bits per heavy atom. The second kappa shape index (κ2) is 7.99. The summed E-state index contributed by atoms with van der Waals surface area (Å²) in [5.74, 6) is -0.369. The number of anilines is 1. The van der Waals surface area contributed by atoms with Crippen LogP contribution < -0.4 is 10.5 Å². The van der Waals surface area contributed by atoms with Crippen molar-refractivity contribution < 1.29 is 13.2 Å². The van der Waals surface area contributed by atoms with Gasteiger partial charge in [0.25, 0.3) is 0 Å². The molecule has 0 aromatic heterocycles. The van der Waals surface area contributed by atoms with Crippen LogP contribution in [0.1, 0.15) is 5.56 Å². The molecule has 0 aliphatic carbocycles. The lowest BCUT2D eigenvalue weighted by atomic mass is 10.0. The zero-order chi connectivity index (χ0) is 19.3. The molecule has 3 aromatic carbocycles. The zero-order valence-corrected chi connectivity index (χ0v) is 15.2. The summed E-state index contributed by atoms with van der Waals surface area (Å²) < 4.78 is 22.8. The van der Waals surface area contributed by atoms with Gasteiger partial charge in [0.1, 0.15) is 0 Å². The number of rotatable bonds is 5. The third-order valence-electron chi connectivity index (χ3n) is 3.85. The molecule has 1 amide bonds. The van der Waals surface area contributed by atoms with Gasteiger partial charge < -0.3 is 5.32 Å². The van der Waals surface area contributed by atoms with Crippen LogP contribution in [0.5, 0.6) is 0 Å². The number of primary sulfonamides is 1. The van der Waals surface area contributed by atoms with Crippen molar-refractivity contribution >= 4 is 27.7 Å². The van der Waals surface area contributed by atoms with Crippen molar-refractivity contribution in [2.75, 3.05) is 5.32 Å². The molecular weight excluding hydrogens is 360 g/mol. The van der Waals surface area contributed by atoms with Crippen molar-refractivity contribution in [3.05, 3.63) is 90.5 Å². The van der Waals surface area contributed by atoms with Crippen LogP contribution in [0.2, 0.25) is 0 Å². The molecule has 0 atom stereocenters. The molecule has 3 rings (SSSR count). The number of amides is 1. The molecule has 0 radical (unpaired) electrons. The maximum atomic E-state index is 12.1. The van der Waals surface area contributed by atoms with Crippen LogP contribution >= 0.6 is 0 Å². The fourth-order valence-electron chi connectivity index (χ4n) is 2.56. The Morgan fingerprint density at radius 3 is 2.30 bits per heavy atom. The first-order valence-corrected chi connectivity index (χ1v) is 9.74. The Hall–Kier alpha value is -3.22. The smallest absolute Gasteiger partial charge is 0.248 e. The predicted molar refractivity (Wildman–Crippen MR) is 107 cm³/mol. The van der Waals surface area contributed by atoms with Crippen molar-refractivity contribution in [2.24, 2.45) is 5.14 Å². The molecule has 136 valence electrons. The SMILES string of the molecule is NS(=O)(=O)c1cccc(NC(=O)C=Cc2cccc(-c3ccccc3)c2)c1. The van der Waals surface area contributed by atoms with Gasteiger partial charge in [-0.1, -0.05) is 54.6 Å². The van der Waals surface area contributed by atoms with Crippen LogP contribution in [-0.2, 0) is 14.8 Å². The molecule has 0 heterocycles. The topological polar surface area (TPSA) is 89.3 Å². The quantitative estimate of drug-likeness (QED) is 0.664. The highest BCUT2D eigenvalue weighted by Crippen LogP contribution is 2.20. The molecule has 0 bridgehead atoms. The highest BCUT2D eigenvalue weighted by molar-refractivity contribution is 7.89. The minimum atomic E-state index is -3.82. The van der Waals surface area contributed by atoms with Crippen molar-refractivity contribution in [3.8, 4) is 11.1 Å². The van der Waals surface area contributed by atoms with E-state index >= 15 is 0 Å². The van der Waals surface area contributed by atoms with Crippen LogP contribution in [0.3, 0.4) is 0 Å². The van der Waals surface area contributed by atoms with Gasteiger partial charge in [-0.3, -0.25) is 4.79 Å². The van der Waals surface area contributed by atoms with E-state index in [1.54, 1.807) is 12.1 Å². The van der Waals surface area contributed by atoms with Crippen LogP contribution in [0.15, 0.2) is 89.8 Å². The fraction of sp³-hybridized carbons (Fsp3) is 0. The normalized spacial score (nSPS) is 11.4. The first kappa shape index (κ1) is 18.6. The summed E-state index contributed by atoms with van der Waals surface area (Å²) in [5.41, 5.74) is 3.38. The van der Waals surface area contributed by atoms with Crippen molar-refractivity contribution in [3.63, 3.8) is 0 Å². The lowest BCUT2D eigenvalue weighted by Gasteiger charge is -2.05. The van der Waals surface area contributed by atoms with E-state index in [4.69, 9.17) is 5.14 Å². The highest BCUT2D eigenvalue weighted by Gasteiger charge is 2.08. The van der Waals surface area contributed by atoms with E-state index in [9.17, 15) is 13.2 Å². The van der Waals surface area contributed by atoms with E-state index in [0.717, 1.165) is 16.7 Å². The number of carbonyl (C=O) groups is 1. The van der Waals surface area contributed by atoms with E-state index < -0.39 is 10.0 Å². The molecule has 0 spiro atoms. The Kier molecular flexibility index (Phi) is 5.49. The van der Waals surface area contributed by atoms with E-state index in [2.05, 4.69) is 5.32 Å². The average molecular weight is 378 g/mol. The third kappa shape index (κ3) is 5.13. The largest absolute Gasteiger partial charge is 0.322 e. The van der Waals surface area contributed by atoms with Crippen LogP contribution in [0, 0.1) is 0 Å². The van der Waals surface area contributed by atoms with E-state index in [-0.39, 0.29) is 10.8 Å². The summed E-state index contributed by atoms with van der Waals surface area (Å²) >= 11 is 0. The Labute approximate surface area is 158 Å². The second-order valence-corrected chi connectivity index (χ2v) is 7.45. The number of hydrogen-bond acceptors (Lipinski definition) is 3. The maximum absolute atomic E-state index is 12.1. The number of nitrogens with two attached hydrogens (primary N) is 1. The van der Waals surface area contributed by atoms with Gasteiger partial charge in [0.05, 0.1) is 4.90 Å². The molecule has 0 aliphatic heterocycles. The molecule has 0 aliphatic rings. The molecule has 5 nitrogen and oxygen atoms in total. The Balaban J connectivity index is 1.72. The number of benzene rings is 3. The van der Waals surface area contributed by atoms with Gasteiger partial charge >= 0.3 is 0 Å². The molecule has 0 saturated carbocycles. The van der Waals surface area contributed by atoms with Gasteiger partial charge in [-0.25, -0.2) is 13.6 Å². The van der Waals surface area contributed by atoms with E-state index in [0.29, 0.717) is 5.69 Å². The Bertz CT molecular complexity index is 1090. The standard InChI is InChI=1S/C21H18N2O3S/c22-27(25,26)20-11-5-10-19(15-20)23-21(24)13-12-16-6-4-9-18(14-16)17-7-2-1-3-8-17/h1-15H,(H,23,24)(H2,22,25,26). The van der Waals surface area contributed by atoms with Gasteiger partial charge in [0.2, 0.25) is 15.9 Å². The van der Waals surface area contributed by atoms with Crippen molar-refractivity contribution in [1.29, 1.82) is 0 Å². The minimum Gasteiger partial charge on any atom is -0.322 e. The summed E-state index contributed by atoms with van der Waals surface area (Å²) in [6, 6.07) is 23.6. The maximum Gasteiger partial charge on any atom is 0.248 e. The van der Waals surface area contributed by atoms with Crippen LogP contribution in [0.4, 0.5) is 5.69 Å². The van der Waals surface area contributed by atoms with Crippen LogP contribution in [-0.4, -0.2) is 14.3 Å². The molecular formula is C21H18N2O3S. The summed E-state index contributed by atoms with van der Waals surface area (Å²) in [6.45, 7) is 0. The average Bonchev–Trinajstić information content (AvgIpc) is 2.67. The molecule has 27 heavy (non-hydrogen) atoms. The molecule has 3 N–H and O–H groups in total. The summed E-state index contributed by atoms with van der Waals surface area (Å²) in [4.78, 5) is 12.1. The molecule has 0 saturated heterocycles. The highest BCUT2D eigenvalue weighted by atomic mass is 32.2. The van der Waals surface area contributed by atoms with Gasteiger partial charge in [-0.15, -0.1) is 0 Å². The first-order valence-electron chi connectivity index (χ1n) is 8.19. The molecule has 0 fully saturated rings.